The van der Waals surface area contributed by atoms with Gasteiger partial charge in [0.25, 0.3) is 0 Å². The van der Waals surface area contributed by atoms with Crippen molar-refractivity contribution < 1.29 is 50.4 Å². The Morgan fingerprint density at radius 3 is 1.25 bits per heavy atom. The number of amides is 2. The highest BCUT2D eigenvalue weighted by atomic mass is 16.3. The van der Waals surface area contributed by atoms with Crippen LogP contribution in [0.1, 0.15) is 65.2 Å². The lowest BCUT2D eigenvalue weighted by Crippen LogP contribution is -2.61. The molecular weight excluding hydrogens is 476 g/mol. The van der Waals surface area contributed by atoms with Crippen molar-refractivity contribution in [2.24, 2.45) is 11.8 Å². The highest BCUT2D eigenvalue weighted by Crippen LogP contribution is 2.26. The summed E-state index contributed by atoms with van der Waals surface area (Å²) in [7, 11) is 0. The second-order valence-corrected chi connectivity index (χ2v) is 9.85. The van der Waals surface area contributed by atoms with Crippen LogP contribution in [0.5, 0.6) is 0 Å². The van der Waals surface area contributed by atoms with E-state index >= 15 is 0 Å². The normalized spacial score (nSPS) is 36.4. The minimum atomic E-state index is -1.25. The maximum Gasteiger partial charge on any atom is 0.220 e. The van der Waals surface area contributed by atoms with Crippen LogP contribution in [0.4, 0.5) is 0 Å². The van der Waals surface area contributed by atoms with Gasteiger partial charge in [-0.05, 0) is 25.7 Å². The van der Waals surface area contributed by atoms with Crippen LogP contribution in [-0.4, -0.2) is 115 Å². The fraction of sp³-hybridized carbons (Fsp3) is 0.917. The molecule has 2 aliphatic rings. The van der Waals surface area contributed by atoms with E-state index in [9.17, 15) is 40.2 Å². The molecule has 36 heavy (non-hydrogen) atoms. The fourth-order valence-electron chi connectivity index (χ4n) is 4.55. The van der Waals surface area contributed by atoms with Gasteiger partial charge in [0.1, 0.15) is 12.2 Å². The highest BCUT2D eigenvalue weighted by molar-refractivity contribution is 5.76. The third kappa shape index (κ3) is 9.49. The van der Waals surface area contributed by atoms with Crippen LogP contribution >= 0.6 is 0 Å². The van der Waals surface area contributed by atoms with Gasteiger partial charge in [-0.2, -0.15) is 0 Å². The van der Waals surface area contributed by atoms with Gasteiger partial charge < -0.3 is 51.5 Å². The lowest BCUT2D eigenvalue weighted by atomic mass is 9.79. The van der Waals surface area contributed by atoms with Gasteiger partial charge in [0.15, 0.2) is 0 Å². The molecule has 0 aromatic rings. The van der Waals surface area contributed by atoms with E-state index in [0.717, 1.165) is 25.7 Å². The minimum absolute atomic E-state index is 0.160. The molecule has 10 N–H and O–H groups in total. The molecule has 2 amide bonds. The molecule has 0 aromatic heterocycles. The molecule has 10 atom stereocenters. The van der Waals surface area contributed by atoms with Crippen molar-refractivity contribution in [3.63, 3.8) is 0 Å². The van der Waals surface area contributed by atoms with Crippen LogP contribution < -0.4 is 10.6 Å². The van der Waals surface area contributed by atoms with E-state index < -0.39 is 60.5 Å². The van der Waals surface area contributed by atoms with Crippen molar-refractivity contribution in [3.05, 3.63) is 0 Å². The predicted octanol–water partition coefficient (Wildman–Crippen LogP) is -2.49. The Labute approximate surface area is 212 Å². The van der Waals surface area contributed by atoms with Gasteiger partial charge in [0.05, 0.1) is 36.5 Å². The molecule has 12 nitrogen and oxygen atoms in total. The second-order valence-electron chi connectivity index (χ2n) is 9.85. The van der Waals surface area contributed by atoms with E-state index in [1.54, 1.807) is 0 Å². The standard InChI is InChI=1S/2C12H23NO5/c2*1-2-3-4-9(16)13-10-8(15)5-7(6-14)11(17)12(10)18/h2*7-8,10-12,14-15,17-18H,2-6H2,1H3,(H,13,16)/t7?,8?,10-,11+,12?;7?,8?,10-,11-,12?/m00/s1. The van der Waals surface area contributed by atoms with E-state index in [0.29, 0.717) is 12.8 Å². The first-order valence-electron chi connectivity index (χ1n) is 12.9. The molecule has 0 aromatic carbocycles. The van der Waals surface area contributed by atoms with E-state index in [2.05, 4.69) is 10.6 Å². The van der Waals surface area contributed by atoms with Crippen LogP contribution in [0, 0.1) is 11.8 Å². The topological polar surface area (TPSA) is 220 Å². The van der Waals surface area contributed by atoms with Crippen molar-refractivity contribution >= 4 is 11.8 Å². The Morgan fingerprint density at radius 2 is 0.972 bits per heavy atom. The predicted molar refractivity (Wildman–Crippen MR) is 129 cm³/mol. The number of rotatable bonds is 10. The van der Waals surface area contributed by atoms with Gasteiger partial charge in [0, 0.05) is 37.9 Å². The van der Waals surface area contributed by atoms with Crippen LogP contribution in [0.25, 0.3) is 0 Å². The maximum atomic E-state index is 11.6. The highest BCUT2D eigenvalue weighted by Gasteiger charge is 2.44. The van der Waals surface area contributed by atoms with Gasteiger partial charge in [-0.25, -0.2) is 0 Å². The summed E-state index contributed by atoms with van der Waals surface area (Å²) >= 11 is 0. The van der Waals surface area contributed by atoms with Gasteiger partial charge >= 0.3 is 0 Å². The number of aliphatic hydroxyl groups excluding tert-OH is 8. The largest absolute Gasteiger partial charge is 0.396 e. The number of hydrogen-bond donors (Lipinski definition) is 10. The SMILES string of the molecule is CCCCC(=O)N[C@H]1C(O)CC(CO)[C@@H](O)C1O.CCCCC(=O)N[C@H]1C(O)CC(CO)[C@H](O)C1O. The Hall–Kier alpha value is -1.38. The molecule has 2 saturated carbocycles. The molecule has 6 unspecified atom stereocenters. The molecule has 0 bridgehead atoms. The summed E-state index contributed by atoms with van der Waals surface area (Å²) in [5.41, 5.74) is 0. The average Bonchev–Trinajstić information content (AvgIpc) is 2.86. The zero-order valence-electron chi connectivity index (χ0n) is 21.2. The van der Waals surface area contributed by atoms with Crippen molar-refractivity contribution in [2.45, 2.75) is 114 Å². The first kappa shape index (κ1) is 32.6. The van der Waals surface area contributed by atoms with Gasteiger partial charge in [-0.3, -0.25) is 9.59 Å². The molecule has 0 spiro atoms. The Morgan fingerprint density at radius 1 is 0.639 bits per heavy atom. The average molecular weight is 523 g/mol. The Balaban J connectivity index is 0.000000360. The molecule has 0 heterocycles. The van der Waals surface area contributed by atoms with Crippen molar-refractivity contribution in [3.8, 4) is 0 Å². The summed E-state index contributed by atoms with van der Waals surface area (Å²) in [6.45, 7) is 3.33. The summed E-state index contributed by atoms with van der Waals surface area (Å²) in [6, 6.07) is -1.74. The smallest absolute Gasteiger partial charge is 0.220 e. The lowest BCUT2D eigenvalue weighted by Gasteiger charge is -2.40. The van der Waals surface area contributed by atoms with Crippen molar-refractivity contribution in [1.29, 1.82) is 0 Å². The minimum Gasteiger partial charge on any atom is -0.396 e. The van der Waals surface area contributed by atoms with Crippen molar-refractivity contribution in [2.75, 3.05) is 13.2 Å². The first-order chi connectivity index (χ1) is 17.0. The molecule has 0 aliphatic heterocycles. The quantitative estimate of drug-likeness (QED) is 0.145. The molecular formula is C24H46N2O10. The number of hydrogen-bond acceptors (Lipinski definition) is 10. The Bertz CT molecular complexity index is 600. The first-order valence-corrected chi connectivity index (χ1v) is 12.9. The number of unbranched alkanes of at least 4 members (excludes halogenated alkanes) is 2. The second kappa shape index (κ2) is 16.5. The van der Waals surface area contributed by atoms with Gasteiger partial charge in [-0.1, -0.05) is 26.7 Å². The van der Waals surface area contributed by atoms with Gasteiger partial charge in [0.2, 0.25) is 11.8 Å². The maximum absolute atomic E-state index is 11.6. The molecule has 2 rings (SSSR count). The molecule has 0 radical (unpaired) electrons. The van der Waals surface area contributed by atoms with Gasteiger partial charge in [-0.15, -0.1) is 0 Å². The number of carbonyl (C=O) groups excluding carboxylic acids is 2. The zero-order chi connectivity index (χ0) is 27.4. The third-order valence-electron chi connectivity index (χ3n) is 6.96. The summed E-state index contributed by atoms with van der Waals surface area (Å²) in [6.07, 6.45) is -2.41. The molecule has 12 heteroatoms. The van der Waals surface area contributed by atoms with Crippen LogP contribution in [-0.2, 0) is 9.59 Å². The summed E-state index contributed by atoms with van der Waals surface area (Å²) in [5, 5.41) is 82.0. The van der Waals surface area contributed by atoms with Crippen LogP contribution in [0.15, 0.2) is 0 Å². The van der Waals surface area contributed by atoms with E-state index in [-0.39, 0.29) is 37.9 Å². The van der Waals surface area contributed by atoms with E-state index in [4.69, 9.17) is 10.2 Å². The molecule has 0 saturated heterocycles. The number of nitrogens with one attached hydrogen (secondary N) is 2. The Kier molecular flexibility index (Phi) is 14.9. The lowest BCUT2D eigenvalue weighted by molar-refractivity contribution is -0.136. The van der Waals surface area contributed by atoms with E-state index in [1.807, 2.05) is 13.8 Å². The zero-order valence-corrected chi connectivity index (χ0v) is 21.2. The summed E-state index contributed by atoms with van der Waals surface area (Å²) in [5.74, 6) is -1.60. The molecule has 212 valence electrons. The van der Waals surface area contributed by atoms with E-state index in [1.165, 1.54) is 0 Å². The monoisotopic (exact) mass is 522 g/mol. The van der Waals surface area contributed by atoms with Crippen LogP contribution in [0.3, 0.4) is 0 Å². The van der Waals surface area contributed by atoms with Crippen LogP contribution in [0.2, 0.25) is 0 Å². The molecule has 2 fully saturated rings. The summed E-state index contributed by atoms with van der Waals surface area (Å²) in [4.78, 5) is 23.1. The molecule has 2 aliphatic carbocycles. The number of aliphatic hydroxyl groups is 8. The third-order valence-corrected chi connectivity index (χ3v) is 6.96. The number of carbonyl (C=O) groups is 2. The van der Waals surface area contributed by atoms with Crippen molar-refractivity contribution in [1.82, 2.24) is 10.6 Å². The fourth-order valence-corrected chi connectivity index (χ4v) is 4.55. The summed E-state index contributed by atoms with van der Waals surface area (Å²) < 4.78 is 0.